The fraction of sp³-hybridized carbons (Fsp3) is 0.636. The van der Waals surface area contributed by atoms with Crippen molar-refractivity contribution in [3.05, 3.63) is 29.8 Å². The van der Waals surface area contributed by atoms with Crippen molar-refractivity contribution in [1.29, 1.82) is 0 Å². The molecule has 2 amide bonds. The number of hydrogen-bond acceptors (Lipinski definition) is 4. The molecule has 3 rings (SSSR count). The molecule has 6 nitrogen and oxygen atoms in total. The minimum absolute atomic E-state index is 0.00106. The molecule has 0 bridgehead atoms. The van der Waals surface area contributed by atoms with Crippen molar-refractivity contribution in [3.63, 3.8) is 0 Å². The van der Waals surface area contributed by atoms with Gasteiger partial charge in [-0.1, -0.05) is 25.0 Å². The zero-order valence-corrected chi connectivity index (χ0v) is 17.3. The Morgan fingerprint density at radius 2 is 1.71 bits per heavy atom. The Labute approximate surface area is 168 Å². The van der Waals surface area contributed by atoms with Crippen molar-refractivity contribution in [2.24, 2.45) is 5.92 Å². The summed E-state index contributed by atoms with van der Waals surface area (Å²) in [6, 6.07) is 7.42. The van der Waals surface area contributed by atoms with Gasteiger partial charge >= 0.3 is 0 Å². The van der Waals surface area contributed by atoms with E-state index in [4.69, 9.17) is 4.74 Å². The lowest BCUT2D eigenvalue weighted by atomic mass is 9.94. The smallest absolute Gasteiger partial charge is 0.257 e. The van der Waals surface area contributed by atoms with E-state index in [1.54, 1.807) is 7.11 Å². The fourth-order valence-corrected chi connectivity index (χ4v) is 4.52. The van der Waals surface area contributed by atoms with Crippen molar-refractivity contribution in [1.82, 2.24) is 15.1 Å². The number of ether oxygens (including phenoxy) is 1. The summed E-state index contributed by atoms with van der Waals surface area (Å²) in [5, 5.41) is 3.11. The maximum Gasteiger partial charge on any atom is 0.257 e. The Morgan fingerprint density at radius 3 is 2.32 bits per heavy atom. The Balaban J connectivity index is 1.66. The third kappa shape index (κ3) is 4.66. The third-order valence-electron chi connectivity index (χ3n) is 5.88. The molecule has 1 heterocycles. The quantitative estimate of drug-likeness (QED) is 0.815. The summed E-state index contributed by atoms with van der Waals surface area (Å²) in [5.41, 5.74) is 0.600. The van der Waals surface area contributed by atoms with Crippen molar-refractivity contribution in [3.8, 4) is 5.75 Å². The number of carbonyl (C=O) groups is 2. The number of methoxy groups -OCH3 is 1. The van der Waals surface area contributed by atoms with Gasteiger partial charge in [-0.25, -0.2) is 0 Å². The van der Waals surface area contributed by atoms with Gasteiger partial charge in [0, 0.05) is 32.2 Å². The van der Waals surface area contributed by atoms with Gasteiger partial charge < -0.3 is 15.0 Å². The van der Waals surface area contributed by atoms with Crippen LogP contribution in [0.2, 0.25) is 0 Å². The van der Waals surface area contributed by atoms with Gasteiger partial charge in [-0.05, 0) is 44.7 Å². The van der Waals surface area contributed by atoms with Crippen LogP contribution < -0.4 is 10.1 Å². The third-order valence-corrected chi connectivity index (χ3v) is 5.88. The molecular weight excluding hydrogens is 354 g/mol. The summed E-state index contributed by atoms with van der Waals surface area (Å²) < 4.78 is 5.34. The van der Waals surface area contributed by atoms with Crippen LogP contribution in [0.3, 0.4) is 0 Å². The number of amides is 2. The van der Waals surface area contributed by atoms with E-state index in [-0.39, 0.29) is 23.9 Å². The first-order valence-electron chi connectivity index (χ1n) is 10.5. The molecule has 1 aliphatic carbocycles. The second-order valence-corrected chi connectivity index (χ2v) is 8.18. The Kier molecular flexibility index (Phi) is 6.94. The van der Waals surface area contributed by atoms with Crippen LogP contribution >= 0.6 is 0 Å². The topological polar surface area (TPSA) is 61.9 Å². The van der Waals surface area contributed by atoms with E-state index in [1.807, 2.05) is 43.0 Å². The van der Waals surface area contributed by atoms with E-state index in [0.717, 1.165) is 25.9 Å². The van der Waals surface area contributed by atoms with Gasteiger partial charge in [-0.15, -0.1) is 0 Å². The van der Waals surface area contributed by atoms with Crippen LogP contribution in [0.1, 0.15) is 49.9 Å². The SMILES string of the molecule is COc1ccccc1C(=O)N1CCN(C(C(=O)NC(C)C)C2CCCC2)CC1. The van der Waals surface area contributed by atoms with Crippen molar-refractivity contribution >= 4 is 11.8 Å². The van der Waals surface area contributed by atoms with Gasteiger partial charge in [-0.2, -0.15) is 0 Å². The molecule has 0 aromatic heterocycles. The second-order valence-electron chi connectivity index (χ2n) is 8.18. The van der Waals surface area contributed by atoms with Gasteiger partial charge in [-0.3, -0.25) is 14.5 Å². The molecule has 28 heavy (non-hydrogen) atoms. The van der Waals surface area contributed by atoms with Crippen LogP contribution in [0.5, 0.6) is 5.75 Å². The molecule has 1 saturated carbocycles. The normalized spacial score (nSPS) is 19.6. The summed E-state index contributed by atoms with van der Waals surface area (Å²) in [7, 11) is 1.59. The molecule has 1 saturated heterocycles. The molecule has 1 aromatic carbocycles. The van der Waals surface area contributed by atoms with Crippen molar-refractivity contribution in [2.75, 3.05) is 33.3 Å². The maximum atomic E-state index is 12.9. The zero-order valence-electron chi connectivity index (χ0n) is 17.3. The number of piperazine rings is 1. The summed E-state index contributed by atoms with van der Waals surface area (Å²) >= 11 is 0. The van der Waals surface area contributed by atoms with Crippen molar-refractivity contribution < 1.29 is 14.3 Å². The highest BCUT2D eigenvalue weighted by molar-refractivity contribution is 5.97. The number of nitrogens with one attached hydrogen (secondary N) is 1. The zero-order chi connectivity index (χ0) is 20.1. The Hall–Kier alpha value is -2.08. The highest BCUT2D eigenvalue weighted by Gasteiger charge is 2.37. The molecule has 2 fully saturated rings. The van der Waals surface area contributed by atoms with Crippen LogP contribution in [0.15, 0.2) is 24.3 Å². The monoisotopic (exact) mass is 387 g/mol. The molecule has 6 heteroatoms. The Bertz CT molecular complexity index is 677. The van der Waals surface area contributed by atoms with Crippen LogP contribution in [0.4, 0.5) is 0 Å². The maximum absolute atomic E-state index is 12.9. The van der Waals surface area contributed by atoms with E-state index in [1.165, 1.54) is 12.8 Å². The summed E-state index contributed by atoms with van der Waals surface area (Å²) in [5.74, 6) is 1.18. The van der Waals surface area contributed by atoms with Crippen molar-refractivity contribution in [2.45, 2.75) is 51.6 Å². The molecule has 1 aromatic rings. The van der Waals surface area contributed by atoms with E-state index in [2.05, 4.69) is 10.2 Å². The average molecular weight is 388 g/mol. The number of rotatable bonds is 6. The van der Waals surface area contributed by atoms with E-state index in [0.29, 0.717) is 30.3 Å². The van der Waals surface area contributed by atoms with Crippen LogP contribution in [-0.4, -0.2) is 67.0 Å². The average Bonchev–Trinajstić information content (AvgIpc) is 3.21. The van der Waals surface area contributed by atoms with Gasteiger partial charge in [0.1, 0.15) is 5.75 Å². The number of carbonyl (C=O) groups excluding carboxylic acids is 2. The minimum atomic E-state index is -0.0755. The van der Waals surface area contributed by atoms with Crippen LogP contribution in [-0.2, 0) is 4.79 Å². The highest BCUT2D eigenvalue weighted by atomic mass is 16.5. The second kappa shape index (κ2) is 9.41. The molecule has 154 valence electrons. The molecule has 1 N–H and O–H groups in total. The lowest BCUT2D eigenvalue weighted by Crippen LogP contribution is -2.58. The highest BCUT2D eigenvalue weighted by Crippen LogP contribution is 2.31. The number of hydrogen-bond donors (Lipinski definition) is 1. The summed E-state index contributed by atoms with van der Waals surface area (Å²) in [6.07, 6.45) is 4.66. The van der Waals surface area contributed by atoms with E-state index in [9.17, 15) is 9.59 Å². The minimum Gasteiger partial charge on any atom is -0.496 e. The molecule has 1 atom stereocenters. The predicted molar refractivity (Wildman–Crippen MR) is 109 cm³/mol. The van der Waals surface area contributed by atoms with Crippen LogP contribution in [0.25, 0.3) is 0 Å². The largest absolute Gasteiger partial charge is 0.496 e. The van der Waals surface area contributed by atoms with Gasteiger partial charge in [0.15, 0.2) is 0 Å². The lowest BCUT2D eigenvalue weighted by molar-refractivity contribution is -0.129. The molecule has 0 radical (unpaired) electrons. The number of benzene rings is 1. The van der Waals surface area contributed by atoms with Gasteiger partial charge in [0.25, 0.3) is 5.91 Å². The fourth-order valence-electron chi connectivity index (χ4n) is 4.52. The molecule has 2 aliphatic rings. The summed E-state index contributed by atoms with van der Waals surface area (Å²) in [4.78, 5) is 30.0. The van der Waals surface area contributed by atoms with Gasteiger partial charge in [0.2, 0.25) is 5.91 Å². The van der Waals surface area contributed by atoms with Gasteiger partial charge in [0.05, 0.1) is 18.7 Å². The van der Waals surface area contributed by atoms with Crippen LogP contribution in [0, 0.1) is 5.92 Å². The van der Waals surface area contributed by atoms with E-state index < -0.39 is 0 Å². The first kappa shape index (κ1) is 20.6. The standard InChI is InChI=1S/C22H33N3O3/c1-16(2)23-21(26)20(17-8-4-5-9-17)24-12-14-25(15-13-24)22(27)18-10-6-7-11-19(18)28-3/h6-7,10-11,16-17,20H,4-5,8-9,12-15H2,1-3H3,(H,23,26). The number of nitrogens with zero attached hydrogens (tertiary/aromatic N) is 2. The molecule has 1 aliphatic heterocycles. The molecule has 1 unspecified atom stereocenters. The lowest BCUT2D eigenvalue weighted by Gasteiger charge is -2.41. The van der Waals surface area contributed by atoms with E-state index >= 15 is 0 Å². The Morgan fingerprint density at radius 1 is 1.07 bits per heavy atom. The molecular formula is C22H33N3O3. The number of para-hydroxylation sites is 1. The summed E-state index contributed by atoms with van der Waals surface area (Å²) in [6.45, 7) is 6.74. The molecule has 0 spiro atoms. The first-order valence-corrected chi connectivity index (χ1v) is 10.5. The predicted octanol–water partition coefficient (Wildman–Crippen LogP) is 2.54. The first-order chi connectivity index (χ1) is 13.5.